The topological polar surface area (TPSA) is 33.2 Å². The average molecular weight is 284 g/mol. The maximum absolute atomic E-state index is 12.1. The third-order valence-electron chi connectivity index (χ3n) is 3.57. The van der Waals surface area contributed by atoms with E-state index in [0.29, 0.717) is 5.92 Å². The molecule has 0 saturated carbocycles. The van der Waals surface area contributed by atoms with Gasteiger partial charge in [0.2, 0.25) is 5.91 Å². The van der Waals surface area contributed by atoms with Crippen molar-refractivity contribution in [3.8, 4) is 0 Å². The minimum Gasteiger partial charge on any atom is -0.338 e. The molecule has 1 atom stereocenters. The smallest absolute Gasteiger partial charge is 0.246 e. The van der Waals surface area contributed by atoms with Crippen LogP contribution in [0, 0.1) is 0 Å². The van der Waals surface area contributed by atoms with E-state index in [1.54, 1.807) is 17.4 Å². The quantitative estimate of drug-likeness (QED) is 0.811. The van der Waals surface area contributed by atoms with Gasteiger partial charge in [-0.1, -0.05) is 6.07 Å². The Morgan fingerprint density at radius 3 is 3.10 bits per heavy atom. The Hall–Kier alpha value is -1.94. The van der Waals surface area contributed by atoms with Gasteiger partial charge < -0.3 is 4.90 Å². The van der Waals surface area contributed by atoms with Crippen molar-refractivity contribution in [2.45, 2.75) is 12.3 Å². The molecule has 0 bridgehead atoms. The van der Waals surface area contributed by atoms with Crippen LogP contribution in [0.4, 0.5) is 0 Å². The van der Waals surface area contributed by atoms with Crippen molar-refractivity contribution in [3.63, 3.8) is 0 Å². The molecule has 0 N–H and O–H groups in total. The second kappa shape index (κ2) is 6.01. The summed E-state index contributed by atoms with van der Waals surface area (Å²) in [5.74, 6) is 0.462. The molecule has 2 aromatic heterocycles. The molecule has 1 aliphatic rings. The minimum absolute atomic E-state index is 0.0923. The van der Waals surface area contributed by atoms with Crippen LogP contribution in [0.15, 0.2) is 47.3 Å². The van der Waals surface area contributed by atoms with Crippen LogP contribution in [-0.2, 0) is 4.79 Å². The molecule has 0 radical (unpaired) electrons. The molecule has 0 aliphatic carbocycles. The van der Waals surface area contributed by atoms with Crippen molar-refractivity contribution in [2.75, 3.05) is 13.1 Å². The van der Waals surface area contributed by atoms with Crippen LogP contribution < -0.4 is 0 Å². The molecule has 1 amide bonds. The monoisotopic (exact) mass is 284 g/mol. The summed E-state index contributed by atoms with van der Waals surface area (Å²) in [6.07, 6.45) is 6.36. The molecule has 0 spiro atoms. The SMILES string of the molecule is O=C(/C=C/c1ccsc1)N1CCC(c2ccccn2)C1. The number of hydrogen-bond acceptors (Lipinski definition) is 3. The molecule has 1 fully saturated rings. The first-order valence-corrected chi connectivity index (χ1v) is 7.67. The van der Waals surface area contributed by atoms with Gasteiger partial charge in [-0.2, -0.15) is 11.3 Å². The molecular formula is C16H16N2OS. The van der Waals surface area contributed by atoms with Gasteiger partial charge in [0.25, 0.3) is 0 Å². The molecule has 102 valence electrons. The van der Waals surface area contributed by atoms with Crippen LogP contribution in [0.1, 0.15) is 23.6 Å². The molecule has 1 aliphatic heterocycles. The number of rotatable bonds is 3. The summed E-state index contributed by atoms with van der Waals surface area (Å²) in [7, 11) is 0. The van der Waals surface area contributed by atoms with Crippen LogP contribution in [0.3, 0.4) is 0 Å². The van der Waals surface area contributed by atoms with Crippen molar-refractivity contribution >= 4 is 23.3 Å². The van der Waals surface area contributed by atoms with Gasteiger partial charge in [0.05, 0.1) is 0 Å². The summed E-state index contributed by atoms with van der Waals surface area (Å²) in [6.45, 7) is 1.58. The Balaban J connectivity index is 1.61. The number of nitrogens with zero attached hydrogens (tertiary/aromatic N) is 2. The molecule has 4 heteroatoms. The Morgan fingerprint density at radius 1 is 1.40 bits per heavy atom. The summed E-state index contributed by atoms with van der Waals surface area (Å²) in [5.41, 5.74) is 2.17. The van der Waals surface area contributed by atoms with Crippen molar-refractivity contribution in [3.05, 3.63) is 58.6 Å². The molecule has 20 heavy (non-hydrogen) atoms. The van der Waals surface area contributed by atoms with E-state index in [-0.39, 0.29) is 5.91 Å². The van der Waals surface area contributed by atoms with Crippen molar-refractivity contribution in [2.24, 2.45) is 0 Å². The highest BCUT2D eigenvalue weighted by atomic mass is 32.1. The van der Waals surface area contributed by atoms with E-state index in [9.17, 15) is 4.79 Å². The van der Waals surface area contributed by atoms with Gasteiger partial charge in [-0.25, -0.2) is 0 Å². The van der Waals surface area contributed by atoms with Crippen LogP contribution in [-0.4, -0.2) is 28.9 Å². The van der Waals surface area contributed by atoms with E-state index in [2.05, 4.69) is 4.98 Å². The fraction of sp³-hybridized carbons (Fsp3) is 0.250. The van der Waals surface area contributed by atoms with Gasteiger partial charge in [0.1, 0.15) is 0 Å². The average Bonchev–Trinajstić information content (AvgIpc) is 3.17. The Labute approximate surface area is 122 Å². The zero-order chi connectivity index (χ0) is 13.8. The predicted molar refractivity (Wildman–Crippen MR) is 81.5 cm³/mol. The highest BCUT2D eigenvalue weighted by Gasteiger charge is 2.26. The molecular weight excluding hydrogens is 268 g/mol. The van der Waals surface area contributed by atoms with E-state index in [0.717, 1.165) is 30.8 Å². The van der Waals surface area contributed by atoms with Gasteiger partial charge in [0.15, 0.2) is 0 Å². The number of hydrogen-bond donors (Lipinski definition) is 0. The van der Waals surface area contributed by atoms with Crippen LogP contribution >= 0.6 is 11.3 Å². The number of carbonyl (C=O) groups is 1. The van der Waals surface area contributed by atoms with Crippen molar-refractivity contribution in [1.29, 1.82) is 0 Å². The number of aromatic nitrogens is 1. The fourth-order valence-corrected chi connectivity index (χ4v) is 3.09. The summed E-state index contributed by atoms with van der Waals surface area (Å²) in [6, 6.07) is 7.98. The third kappa shape index (κ3) is 2.96. The summed E-state index contributed by atoms with van der Waals surface area (Å²) >= 11 is 1.64. The highest BCUT2D eigenvalue weighted by Crippen LogP contribution is 2.25. The van der Waals surface area contributed by atoms with Crippen molar-refractivity contribution in [1.82, 2.24) is 9.88 Å². The maximum atomic E-state index is 12.1. The molecule has 2 aromatic rings. The summed E-state index contributed by atoms with van der Waals surface area (Å²) in [4.78, 5) is 18.4. The van der Waals surface area contributed by atoms with Crippen LogP contribution in [0.5, 0.6) is 0 Å². The Bertz CT molecular complexity index is 592. The zero-order valence-corrected chi connectivity index (χ0v) is 11.9. The fourth-order valence-electron chi connectivity index (χ4n) is 2.46. The van der Waals surface area contributed by atoms with E-state index < -0.39 is 0 Å². The second-order valence-corrected chi connectivity index (χ2v) is 5.69. The van der Waals surface area contributed by atoms with E-state index >= 15 is 0 Å². The van der Waals surface area contributed by atoms with Crippen LogP contribution in [0.25, 0.3) is 6.08 Å². The molecule has 0 aromatic carbocycles. The highest BCUT2D eigenvalue weighted by molar-refractivity contribution is 7.08. The number of pyridine rings is 1. The van der Waals surface area contributed by atoms with Crippen molar-refractivity contribution < 1.29 is 4.79 Å². The molecule has 1 saturated heterocycles. The van der Waals surface area contributed by atoms with Crippen LogP contribution in [0.2, 0.25) is 0 Å². The van der Waals surface area contributed by atoms with Gasteiger partial charge in [0, 0.05) is 37.0 Å². The third-order valence-corrected chi connectivity index (χ3v) is 4.27. The Kier molecular flexibility index (Phi) is 3.92. The number of thiophene rings is 1. The Morgan fingerprint density at radius 2 is 2.35 bits per heavy atom. The molecule has 3 nitrogen and oxygen atoms in total. The lowest BCUT2D eigenvalue weighted by molar-refractivity contribution is -0.124. The number of likely N-dealkylation sites (tertiary alicyclic amines) is 1. The van der Waals surface area contributed by atoms with E-state index in [1.165, 1.54) is 0 Å². The molecule has 1 unspecified atom stereocenters. The summed E-state index contributed by atoms with van der Waals surface area (Å²) in [5, 5.41) is 4.04. The first-order valence-electron chi connectivity index (χ1n) is 6.73. The van der Waals surface area contributed by atoms with Gasteiger partial charge in [-0.05, 0) is 47.0 Å². The van der Waals surface area contributed by atoms with Gasteiger partial charge >= 0.3 is 0 Å². The zero-order valence-electron chi connectivity index (χ0n) is 11.1. The number of amides is 1. The molecule has 3 heterocycles. The number of carbonyl (C=O) groups excluding carboxylic acids is 1. The lowest BCUT2D eigenvalue weighted by atomic mass is 10.0. The lowest BCUT2D eigenvalue weighted by Gasteiger charge is -2.14. The largest absolute Gasteiger partial charge is 0.338 e. The van der Waals surface area contributed by atoms with E-state index in [1.807, 2.05) is 52.2 Å². The summed E-state index contributed by atoms with van der Waals surface area (Å²) < 4.78 is 0. The normalized spacial score (nSPS) is 18.8. The first-order chi connectivity index (χ1) is 9.83. The lowest BCUT2D eigenvalue weighted by Crippen LogP contribution is -2.26. The van der Waals surface area contributed by atoms with E-state index in [4.69, 9.17) is 0 Å². The predicted octanol–water partition coefficient (Wildman–Crippen LogP) is 3.17. The van der Waals surface area contributed by atoms with Gasteiger partial charge in [-0.15, -0.1) is 0 Å². The maximum Gasteiger partial charge on any atom is 0.246 e. The van der Waals surface area contributed by atoms with Gasteiger partial charge in [-0.3, -0.25) is 9.78 Å². The molecule has 3 rings (SSSR count). The standard InChI is InChI=1S/C16H16N2OS/c19-16(5-4-13-7-10-20-12-13)18-9-6-14(11-18)15-3-1-2-8-17-15/h1-5,7-8,10,12,14H,6,9,11H2/b5-4+. The first kappa shape index (κ1) is 13.1. The minimum atomic E-state index is 0.0923. The second-order valence-electron chi connectivity index (χ2n) is 4.91.